The molecule has 1 radical (unpaired) electrons. The van der Waals surface area contributed by atoms with Crippen LogP contribution in [0.3, 0.4) is 0 Å². The van der Waals surface area contributed by atoms with Gasteiger partial charge in [0.2, 0.25) is 0 Å². The summed E-state index contributed by atoms with van der Waals surface area (Å²) in [5.41, 5.74) is 2.59. The molecular formula is C24H41NO2Y. The van der Waals surface area contributed by atoms with E-state index in [2.05, 4.69) is 43.4 Å². The van der Waals surface area contributed by atoms with Crippen molar-refractivity contribution in [1.29, 1.82) is 0 Å². The quantitative estimate of drug-likeness (QED) is 0.514. The van der Waals surface area contributed by atoms with Crippen LogP contribution in [0.2, 0.25) is 0 Å². The number of carbonyl (C=O) groups excluding carboxylic acids is 1. The molecule has 0 saturated heterocycles. The van der Waals surface area contributed by atoms with Crippen LogP contribution >= 0.6 is 0 Å². The van der Waals surface area contributed by atoms with Gasteiger partial charge in [-0.2, -0.15) is 0 Å². The molecule has 28 heavy (non-hydrogen) atoms. The number of hydrogen-bond donors (Lipinski definition) is 1. The molecule has 0 aliphatic heterocycles. The van der Waals surface area contributed by atoms with Gasteiger partial charge < -0.3 is 10.1 Å². The van der Waals surface area contributed by atoms with Gasteiger partial charge in [-0.1, -0.05) is 96.8 Å². The first-order valence-corrected chi connectivity index (χ1v) is 8.51. The molecule has 0 heterocycles. The molecule has 2 aromatic carbocycles. The number of nitrogens with one attached hydrogen (secondary N) is 1. The van der Waals surface area contributed by atoms with Gasteiger partial charge in [-0.05, 0) is 30.9 Å². The Bertz CT molecular complexity index is 572. The Kier molecular flexibility index (Phi) is 25.2. The Balaban J connectivity index is -0.000000195. The molecule has 0 aliphatic rings. The average molecular weight is 465 g/mol. The maximum Gasteiger partial charge on any atom is 0.407 e. The molecule has 0 saturated carbocycles. The second-order valence-corrected chi connectivity index (χ2v) is 6.24. The Morgan fingerprint density at radius 2 is 1.32 bits per heavy atom. The van der Waals surface area contributed by atoms with Gasteiger partial charge in [0.25, 0.3) is 0 Å². The first-order chi connectivity index (χ1) is 11.5. The molecular weight excluding hydrogens is 423 g/mol. The maximum absolute atomic E-state index is 11.1. The van der Waals surface area contributed by atoms with Crippen LogP contribution in [0.5, 0.6) is 0 Å². The van der Waals surface area contributed by atoms with Crippen molar-refractivity contribution in [2.75, 3.05) is 6.61 Å². The molecule has 0 spiro atoms. The average Bonchev–Trinajstić information content (AvgIpc) is 2.56. The van der Waals surface area contributed by atoms with Crippen molar-refractivity contribution >= 4 is 6.09 Å². The van der Waals surface area contributed by atoms with E-state index in [1.165, 1.54) is 11.1 Å². The zero-order valence-electron chi connectivity index (χ0n) is 15.7. The van der Waals surface area contributed by atoms with Crippen molar-refractivity contribution in [1.82, 2.24) is 5.32 Å². The second kappa shape index (κ2) is 20.5. The van der Waals surface area contributed by atoms with Crippen LogP contribution in [0, 0.1) is 0 Å². The third kappa shape index (κ3) is 16.9. The summed E-state index contributed by atoms with van der Waals surface area (Å²) in [6.45, 7) is 8.63. The number of ether oxygens (including phenoxy) is 1. The number of hydrogen-bond acceptors (Lipinski definition) is 2. The molecule has 0 aliphatic carbocycles. The molecule has 157 valence electrons. The Labute approximate surface area is 199 Å². The van der Waals surface area contributed by atoms with Gasteiger partial charge in [0.1, 0.15) is 0 Å². The first kappa shape index (κ1) is 34.3. The molecule has 0 bridgehead atoms. The number of alkyl carbamates (subject to hydrolysis) is 1. The van der Waals surface area contributed by atoms with Gasteiger partial charge in [0.05, 0.1) is 6.61 Å². The van der Waals surface area contributed by atoms with E-state index in [0.29, 0.717) is 12.5 Å². The third-order valence-electron chi connectivity index (χ3n) is 3.34. The smallest absolute Gasteiger partial charge is 0.407 e. The van der Waals surface area contributed by atoms with Crippen molar-refractivity contribution in [2.24, 2.45) is 0 Å². The fourth-order valence-corrected chi connectivity index (χ4v) is 2.02. The fourth-order valence-electron chi connectivity index (χ4n) is 2.02. The molecule has 3 nitrogen and oxygen atoms in total. The van der Waals surface area contributed by atoms with Gasteiger partial charge in [0, 0.05) is 45.2 Å². The van der Waals surface area contributed by atoms with E-state index in [4.69, 9.17) is 4.74 Å². The van der Waals surface area contributed by atoms with E-state index in [1.807, 2.05) is 50.2 Å². The van der Waals surface area contributed by atoms with E-state index in [1.54, 1.807) is 0 Å². The molecule has 0 aromatic heterocycles. The topological polar surface area (TPSA) is 38.3 Å². The molecule has 0 fully saturated rings. The number of rotatable bonds is 5. The van der Waals surface area contributed by atoms with Crippen LogP contribution in [-0.4, -0.2) is 18.7 Å². The number of amides is 1. The minimum absolute atomic E-state index is 0. The van der Waals surface area contributed by atoms with Crippen LogP contribution in [0.25, 0.3) is 0 Å². The van der Waals surface area contributed by atoms with Gasteiger partial charge in [-0.15, -0.1) is 0 Å². The van der Waals surface area contributed by atoms with E-state index < -0.39 is 0 Å². The van der Waals surface area contributed by atoms with Crippen LogP contribution in [0.15, 0.2) is 60.7 Å². The normalized spacial score (nSPS) is 8.64. The zero-order valence-corrected chi connectivity index (χ0v) is 18.6. The van der Waals surface area contributed by atoms with Crippen molar-refractivity contribution in [2.45, 2.75) is 68.4 Å². The summed E-state index contributed by atoms with van der Waals surface area (Å²) in [6, 6.07) is 20.6. The van der Waals surface area contributed by atoms with Gasteiger partial charge in [-0.25, -0.2) is 4.79 Å². The van der Waals surface area contributed by atoms with Crippen molar-refractivity contribution in [3.05, 3.63) is 71.8 Å². The Hall–Kier alpha value is -1.19. The van der Waals surface area contributed by atoms with Crippen LogP contribution in [-0.2, 0) is 43.9 Å². The van der Waals surface area contributed by atoms with Crippen LogP contribution < -0.4 is 5.32 Å². The van der Waals surface area contributed by atoms with Crippen molar-refractivity contribution < 1.29 is 42.2 Å². The summed E-state index contributed by atoms with van der Waals surface area (Å²) >= 11 is 0. The summed E-state index contributed by atoms with van der Waals surface area (Å²) in [4.78, 5) is 11.1. The van der Waals surface area contributed by atoms with E-state index in [9.17, 15) is 4.79 Å². The minimum Gasteiger partial charge on any atom is -0.449 e. The monoisotopic (exact) mass is 464 g/mol. The van der Waals surface area contributed by atoms with Gasteiger partial charge in [0.15, 0.2) is 0 Å². The van der Waals surface area contributed by atoms with Crippen LogP contribution in [0.1, 0.15) is 67.0 Å². The molecule has 2 rings (SSSR count). The summed E-state index contributed by atoms with van der Waals surface area (Å²) in [7, 11) is 0. The predicted molar refractivity (Wildman–Crippen MR) is 120 cm³/mol. The van der Waals surface area contributed by atoms with Gasteiger partial charge in [-0.3, -0.25) is 0 Å². The van der Waals surface area contributed by atoms with Gasteiger partial charge >= 0.3 is 6.09 Å². The standard InChI is InChI=1S/C12H17NO2.C9H12.3CH4.Y/c1-10(2)13-12(14)15-9-8-11-6-4-3-5-7-11;1-8(2)9-6-4-3-5-7-9;;;;/h3-7,10H,8-9H2,1-2H3,(H,13,14);3-8H,1-2H3;3*1H4;. The van der Waals surface area contributed by atoms with Crippen molar-refractivity contribution in [3.63, 3.8) is 0 Å². The van der Waals surface area contributed by atoms with E-state index >= 15 is 0 Å². The molecule has 2 aromatic rings. The molecule has 4 heteroatoms. The number of benzene rings is 2. The second-order valence-electron chi connectivity index (χ2n) is 6.24. The number of carbonyl (C=O) groups is 1. The Morgan fingerprint density at radius 1 is 0.857 bits per heavy atom. The minimum atomic E-state index is -0.346. The predicted octanol–water partition coefficient (Wildman–Crippen LogP) is 7.08. The van der Waals surface area contributed by atoms with E-state index in [-0.39, 0.29) is 67.1 Å². The van der Waals surface area contributed by atoms with Crippen LogP contribution in [0.4, 0.5) is 4.79 Å². The maximum atomic E-state index is 11.1. The Morgan fingerprint density at radius 3 is 1.71 bits per heavy atom. The summed E-state index contributed by atoms with van der Waals surface area (Å²) in [5.74, 6) is 0.659. The summed E-state index contributed by atoms with van der Waals surface area (Å²) in [6.07, 6.45) is 0.410. The van der Waals surface area contributed by atoms with E-state index in [0.717, 1.165) is 6.42 Å². The summed E-state index contributed by atoms with van der Waals surface area (Å²) in [5, 5.41) is 2.67. The van der Waals surface area contributed by atoms with Crippen molar-refractivity contribution in [3.8, 4) is 0 Å². The largest absolute Gasteiger partial charge is 0.449 e. The molecule has 1 amide bonds. The zero-order chi connectivity index (χ0) is 17.8. The SMILES string of the molecule is C.C.C.CC(C)NC(=O)OCCc1ccccc1.CC(C)c1ccccc1.[Y]. The molecule has 1 N–H and O–H groups in total. The molecule has 0 atom stereocenters. The third-order valence-corrected chi connectivity index (χ3v) is 3.34. The first-order valence-electron chi connectivity index (χ1n) is 8.51. The summed E-state index contributed by atoms with van der Waals surface area (Å²) < 4.78 is 5.01. The molecule has 0 unspecified atom stereocenters. The fraction of sp³-hybridized carbons (Fsp3) is 0.458.